The summed E-state index contributed by atoms with van der Waals surface area (Å²) in [6.07, 6.45) is 16.5. The Hall–Kier alpha value is -4.46. The molecule has 308 valence electrons. The molecular formula is C45H54N4O8S. The number of aliphatic carboxylic acids is 1. The molecule has 1 saturated heterocycles. The van der Waals surface area contributed by atoms with Gasteiger partial charge in [0.1, 0.15) is 23.1 Å². The van der Waals surface area contributed by atoms with E-state index in [1.165, 1.54) is 24.4 Å². The molecular weight excluding hydrogens is 757 g/mol. The highest BCUT2D eigenvalue weighted by Crippen LogP contribution is 2.73. The Labute approximate surface area is 344 Å². The van der Waals surface area contributed by atoms with E-state index in [1.807, 2.05) is 24.6 Å². The lowest BCUT2D eigenvalue weighted by Gasteiger charge is -2.64. The highest BCUT2D eigenvalue weighted by molar-refractivity contribution is 7.99. The monoisotopic (exact) mass is 810 g/mol. The van der Waals surface area contributed by atoms with Crippen molar-refractivity contribution >= 4 is 47.2 Å². The summed E-state index contributed by atoms with van der Waals surface area (Å²) >= 11 is 1.35. The highest BCUT2D eigenvalue weighted by atomic mass is 32.2. The van der Waals surface area contributed by atoms with Gasteiger partial charge in [0.05, 0.1) is 35.9 Å². The van der Waals surface area contributed by atoms with Crippen molar-refractivity contribution in [2.24, 2.45) is 28.5 Å². The first-order valence-electron chi connectivity index (χ1n) is 20.2. The number of allylic oxidation sites excluding steroid dienone is 4. The van der Waals surface area contributed by atoms with Gasteiger partial charge in [-0.2, -0.15) is 0 Å². The zero-order valence-corrected chi connectivity index (χ0v) is 35.6. The number of thioether (sulfide) groups is 1. The number of nitrogens with zero attached hydrogens (tertiary/aromatic N) is 3. The van der Waals surface area contributed by atoms with E-state index in [1.54, 1.807) is 19.2 Å². The van der Waals surface area contributed by atoms with Crippen molar-refractivity contribution < 1.29 is 38.4 Å². The van der Waals surface area contributed by atoms with Crippen LogP contribution >= 0.6 is 11.8 Å². The van der Waals surface area contributed by atoms with Crippen molar-refractivity contribution in [1.82, 2.24) is 9.55 Å². The second kappa shape index (κ2) is 14.1. The van der Waals surface area contributed by atoms with Crippen LogP contribution in [-0.2, 0) is 30.3 Å². The summed E-state index contributed by atoms with van der Waals surface area (Å²) < 4.78 is 29.3. The lowest BCUT2D eigenvalue weighted by molar-refractivity contribution is -0.206. The number of benzene rings is 1. The largest absolute Gasteiger partial charge is 0.482 e. The predicted octanol–water partition coefficient (Wildman–Crippen LogP) is 7.51. The Morgan fingerprint density at radius 2 is 1.84 bits per heavy atom. The highest BCUT2D eigenvalue weighted by Gasteiger charge is 2.85. The quantitative estimate of drug-likeness (QED) is 0.0944. The number of carbonyl (C=O) groups excluding carboxylic acids is 2. The minimum Gasteiger partial charge on any atom is -0.482 e. The summed E-state index contributed by atoms with van der Waals surface area (Å²) in [5, 5.41) is 9.93. The molecule has 58 heavy (non-hydrogen) atoms. The molecule has 12 nitrogen and oxygen atoms in total. The number of carbonyl (C=O) groups is 3. The van der Waals surface area contributed by atoms with E-state index in [0.29, 0.717) is 35.9 Å². The van der Waals surface area contributed by atoms with E-state index >= 15 is 4.79 Å². The van der Waals surface area contributed by atoms with Gasteiger partial charge in [-0.1, -0.05) is 35.5 Å². The Kier molecular flexibility index (Phi) is 9.79. The maximum Gasteiger partial charge on any atom is 0.333 e. The second-order valence-corrected chi connectivity index (χ2v) is 19.0. The van der Waals surface area contributed by atoms with Gasteiger partial charge in [0.2, 0.25) is 5.95 Å². The zero-order valence-electron chi connectivity index (χ0n) is 34.8. The maximum atomic E-state index is 15.4. The van der Waals surface area contributed by atoms with Gasteiger partial charge in [0.25, 0.3) is 0 Å². The molecule has 0 amide bonds. The van der Waals surface area contributed by atoms with Crippen LogP contribution in [0.25, 0.3) is 6.08 Å². The van der Waals surface area contributed by atoms with Crippen molar-refractivity contribution in [3.63, 3.8) is 0 Å². The number of methoxy groups -OCH3 is 1. The molecule has 4 bridgehead atoms. The van der Waals surface area contributed by atoms with Crippen molar-refractivity contribution in [3.8, 4) is 11.5 Å². The molecule has 4 fully saturated rings. The van der Waals surface area contributed by atoms with Crippen LogP contribution in [0.2, 0.25) is 0 Å². The number of rotatable bonds is 12. The molecule has 1 aromatic carbocycles. The number of imidazole rings is 1. The molecule has 9 rings (SSSR count). The number of aromatic nitrogens is 2. The Morgan fingerprint density at radius 3 is 2.53 bits per heavy atom. The SMILES string of the molecule is COC(=O)C(C)=CCC12OC(C)(C)C3CC(C1=O)C1C4C(=Nc5nccn51)c1c(c(CC=C(C)C)c5c(c1SCC(N)C(=O)O)C=CC(C)(CCC=C(C)C)O5)OC432. The zero-order chi connectivity index (χ0) is 41.7. The molecule has 0 radical (unpaired) electrons. The van der Waals surface area contributed by atoms with Crippen LogP contribution in [0.5, 0.6) is 11.5 Å². The number of aliphatic imine (C=N–C) groups is 1. The van der Waals surface area contributed by atoms with Crippen molar-refractivity contribution in [2.45, 2.75) is 127 Å². The van der Waals surface area contributed by atoms with Gasteiger partial charge in [-0.3, -0.25) is 9.59 Å². The average Bonchev–Trinajstić information content (AvgIpc) is 3.69. The number of fused-ring (bicyclic) bond motifs is 4. The van der Waals surface area contributed by atoms with Crippen LogP contribution in [0.4, 0.5) is 5.95 Å². The van der Waals surface area contributed by atoms with Crippen LogP contribution in [-0.4, -0.2) is 79.4 Å². The van der Waals surface area contributed by atoms with Crippen LogP contribution < -0.4 is 15.2 Å². The fourth-order valence-electron chi connectivity index (χ4n) is 10.5. The van der Waals surface area contributed by atoms with Crippen molar-refractivity contribution in [2.75, 3.05) is 12.9 Å². The number of carboxylic acid groups (broad SMARTS) is 1. The number of esters is 1. The first-order chi connectivity index (χ1) is 27.4. The summed E-state index contributed by atoms with van der Waals surface area (Å²) in [6.45, 7) is 16.1. The Bertz CT molecular complexity index is 2280. The lowest BCUT2D eigenvalue weighted by atomic mass is 9.44. The standard InChI is InChI=1S/C45H54N4O8S/c1-23(2)11-10-16-43(8)17-15-27-35(55-43)26(13-12-24(3)4)36-31(37(27)58-22-29(46)39(51)52)33-32-34(49-20-19-47-41(49)48-33)28-21-30-42(6,7)57-44(38(28)50,45(30,32)56-36)18-14-25(5)40(53)54-9/h11-12,14-15,17,19-20,28-30,32,34H,10,13,16,18,21-22,46H2,1-9H3,(H,51,52). The van der Waals surface area contributed by atoms with Gasteiger partial charge >= 0.3 is 11.9 Å². The molecule has 8 atom stereocenters. The number of Topliss-reactive ketones (excluding diaryl/α,β-unsaturated/α-hetero) is 1. The maximum absolute atomic E-state index is 15.4. The third-order valence-corrected chi connectivity index (χ3v) is 14.4. The third kappa shape index (κ3) is 5.89. The fourth-order valence-corrected chi connectivity index (χ4v) is 11.7. The van der Waals surface area contributed by atoms with Gasteiger partial charge < -0.3 is 34.4 Å². The van der Waals surface area contributed by atoms with E-state index in [-0.39, 0.29) is 29.9 Å². The van der Waals surface area contributed by atoms with Gasteiger partial charge in [0.15, 0.2) is 17.0 Å². The number of hydrogen-bond donors (Lipinski definition) is 2. The minimum absolute atomic E-state index is 0.0642. The van der Waals surface area contributed by atoms with E-state index in [9.17, 15) is 14.7 Å². The summed E-state index contributed by atoms with van der Waals surface area (Å²) in [5.41, 5.74) is 7.77. The molecule has 3 N–H and O–H groups in total. The summed E-state index contributed by atoms with van der Waals surface area (Å²) in [4.78, 5) is 51.2. The van der Waals surface area contributed by atoms with Crippen LogP contribution in [0, 0.1) is 17.8 Å². The van der Waals surface area contributed by atoms with Crippen molar-refractivity contribution in [3.05, 3.63) is 70.1 Å². The number of ether oxygens (including phenoxy) is 4. The topological polar surface area (TPSA) is 165 Å². The minimum atomic E-state index is -1.49. The summed E-state index contributed by atoms with van der Waals surface area (Å²) in [5.74, 6) is -1.08. The molecule has 5 heterocycles. The Morgan fingerprint density at radius 1 is 1.10 bits per heavy atom. The molecule has 4 aliphatic heterocycles. The average molecular weight is 811 g/mol. The normalized spacial score (nSPS) is 30.8. The van der Waals surface area contributed by atoms with E-state index in [2.05, 4.69) is 58.9 Å². The van der Waals surface area contributed by atoms with Gasteiger partial charge in [-0.05, 0) is 87.1 Å². The molecule has 3 aliphatic carbocycles. The molecule has 7 aliphatic rings. The first kappa shape index (κ1) is 40.3. The third-order valence-electron chi connectivity index (χ3n) is 13.1. The number of nitrogens with two attached hydrogens (primary N) is 1. The van der Waals surface area contributed by atoms with Crippen molar-refractivity contribution in [1.29, 1.82) is 0 Å². The summed E-state index contributed by atoms with van der Waals surface area (Å²) in [7, 11) is 1.34. The lowest BCUT2D eigenvalue weighted by Crippen LogP contribution is -2.79. The van der Waals surface area contributed by atoms with E-state index < -0.39 is 52.2 Å². The van der Waals surface area contributed by atoms with Gasteiger partial charge in [0, 0.05) is 58.0 Å². The first-order valence-corrected chi connectivity index (χ1v) is 21.2. The predicted molar refractivity (Wildman–Crippen MR) is 222 cm³/mol. The van der Waals surface area contributed by atoms with E-state index in [4.69, 9.17) is 34.7 Å². The van der Waals surface area contributed by atoms with Crippen LogP contribution in [0.15, 0.2) is 63.3 Å². The molecule has 13 heteroatoms. The molecule has 1 aromatic heterocycles. The number of ketones is 1. The number of carboxylic acids is 1. The smallest absolute Gasteiger partial charge is 0.333 e. The fraction of sp³-hybridized carbons (Fsp3) is 0.533. The van der Waals surface area contributed by atoms with Gasteiger partial charge in [-0.15, -0.1) is 11.8 Å². The summed E-state index contributed by atoms with van der Waals surface area (Å²) in [6, 6.07) is -1.51. The molecule has 1 spiro atoms. The van der Waals surface area contributed by atoms with E-state index in [0.717, 1.165) is 45.7 Å². The molecule has 2 aromatic rings. The van der Waals surface area contributed by atoms with Crippen LogP contribution in [0.3, 0.4) is 0 Å². The molecule has 8 unspecified atom stereocenters. The van der Waals surface area contributed by atoms with Gasteiger partial charge in [-0.25, -0.2) is 14.8 Å². The Balaban J connectivity index is 1.45. The van der Waals surface area contributed by atoms with Crippen LogP contribution in [0.1, 0.15) is 104 Å². The number of hydrogen-bond acceptors (Lipinski definition) is 11. The second-order valence-electron chi connectivity index (χ2n) is 17.9. The molecule has 3 saturated carbocycles.